The normalized spacial score (nSPS) is 14.2. The molecule has 0 saturated carbocycles. The molecule has 182 valence electrons. The first-order valence-corrected chi connectivity index (χ1v) is 12.4. The molecule has 0 radical (unpaired) electrons. The van der Waals surface area contributed by atoms with E-state index in [0.29, 0.717) is 25.3 Å². The van der Waals surface area contributed by atoms with Crippen LogP contribution in [0, 0.1) is 6.92 Å². The number of amides is 1. The molecule has 1 fully saturated rings. The first kappa shape index (κ1) is 23.7. The molecule has 0 bridgehead atoms. The van der Waals surface area contributed by atoms with Crippen LogP contribution >= 0.6 is 0 Å². The first-order chi connectivity index (χ1) is 17.6. The maximum atomic E-state index is 13.3. The van der Waals surface area contributed by atoms with E-state index in [0.717, 1.165) is 24.2 Å². The molecule has 0 aliphatic carbocycles. The minimum Gasteiger partial charge on any atom is -0.335 e. The zero-order valence-corrected chi connectivity index (χ0v) is 20.5. The van der Waals surface area contributed by atoms with E-state index in [1.807, 2.05) is 48.2 Å². The highest BCUT2D eigenvalue weighted by Gasteiger charge is 2.29. The van der Waals surface area contributed by atoms with E-state index < -0.39 is 0 Å². The Morgan fingerprint density at radius 3 is 1.94 bits per heavy atom. The van der Waals surface area contributed by atoms with Crippen molar-refractivity contribution in [2.24, 2.45) is 0 Å². The van der Waals surface area contributed by atoms with Gasteiger partial charge < -0.3 is 4.90 Å². The summed E-state index contributed by atoms with van der Waals surface area (Å²) in [5.41, 5.74) is 4.70. The Bertz CT molecular complexity index is 1320. The van der Waals surface area contributed by atoms with Gasteiger partial charge in [0.1, 0.15) is 5.69 Å². The molecule has 4 aromatic rings. The van der Waals surface area contributed by atoms with E-state index in [1.54, 1.807) is 6.07 Å². The highest BCUT2D eigenvalue weighted by molar-refractivity contribution is 5.92. The summed E-state index contributed by atoms with van der Waals surface area (Å²) in [5, 5.41) is 4.41. The highest BCUT2D eigenvalue weighted by Crippen LogP contribution is 2.29. The molecular formula is C30H30N4O2. The van der Waals surface area contributed by atoms with Crippen molar-refractivity contribution in [1.82, 2.24) is 19.6 Å². The van der Waals surface area contributed by atoms with Gasteiger partial charge in [0, 0.05) is 32.2 Å². The van der Waals surface area contributed by atoms with E-state index in [2.05, 4.69) is 58.5 Å². The van der Waals surface area contributed by atoms with Gasteiger partial charge in [-0.2, -0.15) is 5.10 Å². The smallest absolute Gasteiger partial charge is 0.274 e. The predicted molar refractivity (Wildman–Crippen MR) is 141 cm³/mol. The topological polar surface area (TPSA) is 58.4 Å². The summed E-state index contributed by atoms with van der Waals surface area (Å²) in [4.78, 5) is 30.0. The van der Waals surface area contributed by atoms with Crippen molar-refractivity contribution in [3.8, 4) is 0 Å². The molecule has 0 spiro atoms. The van der Waals surface area contributed by atoms with E-state index in [9.17, 15) is 9.59 Å². The number of carbonyl (C=O) groups is 1. The third-order valence-corrected chi connectivity index (χ3v) is 6.74. The largest absolute Gasteiger partial charge is 0.335 e. The number of benzene rings is 3. The van der Waals surface area contributed by atoms with Gasteiger partial charge in [0.2, 0.25) is 0 Å². The molecule has 2 heterocycles. The summed E-state index contributed by atoms with van der Waals surface area (Å²) in [6.45, 7) is 5.08. The van der Waals surface area contributed by atoms with Gasteiger partial charge in [-0.3, -0.25) is 14.5 Å². The van der Waals surface area contributed by atoms with Gasteiger partial charge in [-0.1, -0.05) is 90.5 Å². The third-order valence-electron chi connectivity index (χ3n) is 6.74. The van der Waals surface area contributed by atoms with Crippen LogP contribution in [0.5, 0.6) is 0 Å². The quantitative estimate of drug-likeness (QED) is 0.418. The standard InChI is InChI=1S/C30H30N4O2/c1-23-12-14-24(15-13-23)22-34-28(35)17-16-27(31-34)30(36)33-20-18-32(19-21-33)29(25-8-4-2-5-9-25)26-10-6-3-7-11-26/h2-17,29H,18-22H2,1H3. The number of rotatable bonds is 6. The average molecular weight is 479 g/mol. The molecule has 0 atom stereocenters. The lowest BCUT2D eigenvalue weighted by molar-refractivity contribution is 0.0589. The predicted octanol–water partition coefficient (Wildman–Crippen LogP) is 4.15. The van der Waals surface area contributed by atoms with Crippen LogP contribution in [0.15, 0.2) is 102 Å². The minimum absolute atomic E-state index is 0.136. The summed E-state index contributed by atoms with van der Waals surface area (Å²) in [7, 11) is 0. The number of aromatic nitrogens is 2. The molecule has 0 N–H and O–H groups in total. The van der Waals surface area contributed by atoms with Gasteiger partial charge in [0.05, 0.1) is 12.6 Å². The Labute approximate surface area is 211 Å². The van der Waals surface area contributed by atoms with Crippen LogP contribution in [0.2, 0.25) is 0 Å². The fourth-order valence-electron chi connectivity index (χ4n) is 4.77. The summed E-state index contributed by atoms with van der Waals surface area (Å²) in [6, 6.07) is 32.1. The SMILES string of the molecule is Cc1ccc(Cn2nc(C(=O)N3CCN(C(c4ccccc4)c4ccccc4)CC3)ccc2=O)cc1. The summed E-state index contributed by atoms with van der Waals surface area (Å²) < 4.78 is 1.37. The van der Waals surface area contributed by atoms with Crippen molar-refractivity contribution in [2.75, 3.05) is 26.2 Å². The Kier molecular flexibility index (Phi) is 7.05. The summed E-state index contributed by atoms with van der Waals surface area (Å²) >= 11 is 0. The average Bonchev–Trinajstić information content (AvgIpc) is 2.92. The third kappa shape index (κ3) is 5.29. The van der Waals surface area contributed by atoms with Crippen LogP contribution in [-0.4, -0.2) is 51.7 Å². The molecule has 1 amide bonds. The van der Waals surface area contributed by atoms with Crippen LogP contribution in [0.4, 0.5) is 0 Å². The monoisotopic (exact) mass is 478 g/mol. The molecule has 1 aliphatic heterocycles. The number of aryl methyl sites for hydroxylation is 1. The van der Waals surface area contributed by atoms with Gasteiger partial charge in [-0.15, -0.1) is 0 Å². The molecule has 1 aliphatic rings. The van der Waals surface area contributed by atoms with E-state index >= 15 is 0 Å². The fourth-order valence-corrected chi connectivity index (χ4v) is 4.77. The van der Waals surface area contributed by atoms with Crippen molar-refractivity contribution >= 4 is 5.91 Å². The summed E-state index contributed by atoms with van der Waals surface area (Å²) in [6.07, 6.45) is 0. The van der Waals surface area contributed by atoms with Crippen LogP contribution in [-0.2, 0) is 6.54 Å². The molecule has 3 aromatic carbocycles. The Hall–Kier alpha value is -4.03. The molecule has 1 aromatic heterocycles. The maximum absolute atomic E-state index is 13.3. The van der Waals surface area contributed by atoms with E-state index in [1.165, 1.54) is 21.9 Å². The fraction of sp³-hybridized carbons (Fsp3) is 0.233. The Balaban J connectivity index is 1.30. The maximum Gasteiger partial charge on any atom is 0.274 e. The van der Waals surface area contributed by atoms with Crippen molar-refractivity contribution in [3.05, 3.63) is 135 Å². The lowest BCUT2D eigenvalue weighted by atomic mass is 9.96. The molecule has 6 heteroatoms. The second-order valence-electron chi connectivity index (χ2n) is 9.25. The molecular weight excluding hydrogens is 448 g/mol. The van der Waals surface area contributed by atoms with Crippen molar-refractivity contribution in [2.45, 2.75) is 19.5 Å². The molecule has 1 saturated heterocycles. The second kappa shape index (κ2) is 10.7. The van der Waals surface area contributed by atoms with E-state index in [-0.39, 0.29) is 17.5 Å². The Morgan fingerprint density at radius 1 is 0.778 bits per heavy atom. The van der Waals surface area contributed by atoms with Crippen molar-refractivity contribution in [3.63, 3.8) is 0 Å². The van der Waals surface area contributed by atoms with Gasteiger partial charge in [-0.05, 0) is 29.7 Å². The van der Waals surface area contributed by atoms with Gasteiger partial charge >= 0.3 is 0 Å². The molecule has 36 heavy (non-hydrogen) atoms. The molecule has 6 nitrogen and oxygen atoms in total. The molecule has 0 unspecified atom stereocenters. The zero-order chi connectivity index (χ0) is 24.9. The number of hydrogen-bond acceptors (Lipinski definition) is 4. The number of piperazine rings is 1. The van der Waals surface area contributed by atoms with Gasteiger partial charge in [0.25, 0.3) is 11.5 Å². The van der Waals surface area contributed by atoms with Crippen molar-refractivity contribution < 1.29 is 4.79 Å². The number of nitrogens with zero attached hydrogens (tertiary/aromatic N) is 4. The Morgan fingerprint density at radius 2 is 1.36 bits per heavy atom. The van der Waals surface area contributed by atoms with Gasteiger partial charge in [-0.25, -0.2) is 4.68 Å². The molecule has 5 rings (SSSR count). The van der Waals surface area contributed by atoms with Crippen LogP contribution in [0.25, 0.3) is 0 Å². The van der Waals surface area contributed by atoms with E-state index in [4.69, 9.17) is 0 Å². The van der Waals surface area contributed by atoms with Crippen LogP contribution in [0.3, 0.4) is 0 Å². The second-order valence-corrected chi connectivity index (χ2v) is 9.25. The zero-order valence-electron chi connectivity index (χ0n) is 20.5. The van der Waals surface area contributed by atoms with Crippen LogP contribution in [0.1, 0.15) is 38.8 Å². The lowest BCUT2D eigenvalue weighted by Crippen LogP contribution is -2.50. The van der Waals surface area contributed by atoms with Crippen molar-refractivity contribution in [1.29, 1.82) is 0 Å². The highest BCUT2D eigenvalue weighted by atomic mass is 16.2. The summed E-state index contributed by atoms with van der Waals surface area (Å²) in [5.74, 6) is -0.136. The van der Waals surface area contributed by atoms with Crippen LogP contribution < -0.4 is 5.56 Å². The first-order valence-electron chi connectivity index (χ1n) is 12.4. The number of carbonyl (C=O) groups excluding carboxylic acids is 1. The number of hydrogen-bond donors (Lipinski definition) is 0. The minimum atomic E-state index is -0.217. The lowest BCUT2D eigenvalue weighted by Gasteiger charge is -2.39. The van der Waals surface area contributed by atoms with Gasteiger partial charge in [0.15, 0.2) is 0 Å².